The highest BCUT2D eigenvalue weighted by atomic mass is 19.1. The van der Waals surface area contributed by atoms with Gasteiger partial charge in [0.25, 0.3) is 0 Å². The maximum atomic E-state index is 13.5. The van der Waals surface area contributed by atoms with E-state index in [1.165, 1.54) is 17.0 Å². The van der Waals surface area contributed by atoms with Crippen LogP contribution in [0.2, 0.25) is 0 Å². The number of rotatable bonds is 3. The predicted molar refractivity (Wildman–Crippen MR) is 79.7 cm³/mol. The van der Waals surface area contributed by atoms with Crippen LogP contribution in [0.5, 0.6) is 5.75 Å². The van der Waals surface area contributed by atoms with Gasteiger partial charge in [-0.3, -0.25) is 0 Å². The molecule has 0 aromatic heterocycles. The van der Waals surface area contributed by atoms with Gasteiger partial charge >= 0.3 is 6.03 Å². The molecule has 0 aliphatic rings. The van der Waals surface area contributed by atoms with Gasteiger partial charge in [-0.05, 0) is 25.1 Å². The number of carbonyl (C=O) groups excluding carboxylic acids is 1. The first-order valence-corrected chi connectivity index (χ1v) is 6.57. The molecule has 2 N–H and O–H groups in total. The Morgan fingerprint density at radius 1 is 1.19 bits per heavy atom. The minimum atomic E-state index is -0.491. The van der Waals surface area contributed by atoms with E-state index < -0.39 is 11.8 Å². The van der Waals surface area contributed by atoms with Crippen LogP contribution in [0.3, 0.4) is 0 Å². The van der Waals surface area contributed by atoms with Crippen molar-refractivity contribution in [3.05, 3.63) is 59.9 Å². The monoisotopic (exact) mass is 288 g/mol. The Hall–Kier alpha value is -2.56. The van der Waals surface area contributed by atoms with Gasteiger partial charge in [0.05, 0.1) is 11.7 Å². The lowest BCUT2D eigenvalue weighted by atomic mass is 10.1. The van der Waals surface area contributed by atoms with E-state index in [9.17, 15) is 14.3 Å². The molecule has 2 aromatic carbocycles. The van der Waals surface area contributed by atoms with Crippen molar-refractivity contribution in [1.82, 2.24) is 4.90 Å². The molecule has 0 aliphatic carbocycles. The molecule has 2 amide bonds. The van der Waals surface area contributed by atoms with Gasteiger partial charge in [0, 0.05) is 12.6 Å². The summed E-state index contributed by atoms with van der Waals surface area (Å²) >= 11 is 0. The molecule has 2 rings (SSSR count). The predicted octanol–water partition coefficient (Wildman–Crippen LogP) is 3.76. The van der Waals surface area contributed by atoms with Crippen LogP contribution in [-0.4, -0.2) is 23.1 Å². The van der Waals surface area contributed by atoms with Gasteiger partial charge in [-0.1, -0.05) is 30.3 Å². The van der Waals surface area contributed by atoms with Crippen molar-refractivity contribution in [3.63, 3.8) is 0 Å². The summed E-state index contributed by atoms with van der Waals surface area (Å²) in [5, 5.41) is 12.3. The molecule has 21 heavy (non-hydrogen) atoms. The third-order valence-electron chi connectivity index (χ3n) is 3.40. The lowest BCUT2D eigenvalue weighted by molar-refractivity contribution is 0.207. The minimum Gasteiger partial charge on any atom is -0.508 e. The fourth-order valence-corrected chi connectivity index (χ4v) is 1.99. The molecule has 1 atom stereocenters. The molecule has 0 heterocycles. The average molecular weight is 288 g/mol. The smallest absolute Gasteiger partial charge is 0.322 e. The van der Waals surface area contributed by atoms with E-state index in [1.54, 1.807) is 50.4 Å². The summed E-state index contributed by atoms with van der Waals surface area (Å²) in [4.78, 5) is 13.6. The van der Waals surface area contributed by atoms with E-state index in [0.29, 0.717) is 5.56 Å². The highest BCUT2D eigenvalue weighted by molar-refractivity contribution is 5.89. The number of carbonyl (C=O) groups is 1. The second-order valence-corrected chi connectivity index (χ2v) is 4.76. The highest BCUT2D eigenvalue weighted by Gasteiger charge is 2.20. The summed E-state index contributed by atoms with van der Waals surface area (Å²) in [6, 6.07) is 12.0. The van der Waals surface area contributed by atoms with Gasteiger partial charge in [0.2, 0.25) is 0 Å². The summed E-state index contributed by atoms with van der Waals surface area (Å²) in [5.41, 5.74) is 0.752. The number of nitrogens with zero attached hydrogens (tertiary/aromatic N) is 1. The molecule has 0 spiro atoms. The minimum absolute atomic E-state index is 0.121. The molecular weight excluding hydrogens is 271 g/mol. The number of phenolic OH excluding ortho intramolecular Hbond substituents is 1. The number of para-hydroxylation sites is 2. The number of hydrogen-bond acceptors (Lipinski definition) is 2. The first kappa shape index (κ1) is 14.8. The van der Waals surface area contributed by atoms with Crippen LogP contribution in [-0.2, 0) is 0 Å². The fourth-order valence-electron chi connectivity index (χ4n) is 1.99. The summed E-state index contributed by atoms with van der Waals surface area (Å²) in [5.74, 6) is -0.370. The lowest BCUT2D eigenvalue weighted by Crippen LogP contribution is -2.33. The van der Waals surface area contributed by atoms with Crippen LogP contribution in [0.1, 0.15) is 18.5 Å². The van der Waals surface area contributed by atoms with E-state index in [4.69, 9.17) is 0 Å². The number of benzene rings is 2. The largest absolute Gasteiger partial charge is 0.508 e. The van der Waals surface area contributed by atoms with E-state index >= 15 is 0 Å². The molecule has 2 aromatic rings. The van der Waals surface area contributed by atoms with E-state index in [0.717, 1.165) is 0 Å². The molecule has 110 valence electrons. The van der Waals surface area contributed by atoms with E-state index in [2.05, 4.69) is 5.32 Å². The SMILES string of the molecule is C[C@H](c1ccccc1O)N(C)C(=O)Nc1ccccc1F. The zero-order valence-electron chi connectivity index (χ0n) is 11.9. The quantitative estimate of drug-likeness (QED) is 0.903. The molecule has 0 bridgehead atoms. The zero-order chi connectivity index (χ0) is 15.4. The van der Waals surface area contributed by atoms with Crippen molar-refractivity contribution < 1.29 is 14.3 Å². The number of urea groups is 1. The second kappa shape index (κ2) is 6.26. The normalized spacial score (nSPS) is 11.8. The fraction of sp³-hybridized carbons (Fsp3) is 0.188. The second-order valence-electron chi connectivity index (χ2n) is 4.76. The molecule has 4 nitrogen and oxygen atoms in total. The maximum absolute atomic E-state index is 13.5. The summed E-state index contributed by atoms with van der Waals surface area (Å²) in [6.45, 7) is 1.79. The van der Waals surface area contributed by atoms with Crippen molar-refractivity contribution in [2.24, 2.45) is 0 Å². The lowest BCUT2D eigenvalue weighted by Gasteiger charge is -2.26. The van der Waals surface area contributed by atoms with Gasteiger partial charge in [-0.2, -0.15) is 0 Å². The van der Waals surface area contributed by atoms with Crippen molar-refractivity contribution in [2.45, 2.75) is 13.0 Å². The van der Waals surface area contributed by atoms with Gasteiger partial charge in [-0.25, -0.2) is 9.18 Å². The topological polar surface area (TPSA) is 52.6 Å². The molecule has 0 saturated carbocycles. The van der Waals surface area contributed by atoms with Gasteiger partial charge in [0.15, 0.2) is 0 Å². The Kier molecular flexibility index (Phi) is 4.42. The summed E-state index contributed by atoms with van der Waals surface area (Å²) < 4.78 is 13.5. The molecule has 5 heteroatoms. The van der Waals surface area contributed by atoms with Gasteiger partial charge in [-0.15, -0.1) is 0 Å². The molecule has 0 fully saturated rings. The van der Waals surface area contributed by atoms with E-state index in [1.807, 2.05) is 0 Å². The Balaban J connectivity index is 2.13. The first-order valence-electron chi connectivity index (χ1n) is 6.57. The third-order valence-corrected chi connectivity index (χ3v) is 3.40. The van der Waals surface area contributed by atoms with E-state index in [-0.39, 0.29) is 17.5 Å². The van der Waals surface area contributed by atoms with Crippen molar-refractivity contribution in [2.75, 3.05) is 12.4 Å². The van der Waals surface area contributed by atoms with Crippen molar-refractivity contribution in [3.8, 4) is 5.75 Å². The summed E-state index contributed by atoms with van der Waals surface area (Å²) in [7, 11) is 1.59. The Bertz CT molecular complexity index is 646. The number of anilines is 1. The number of amides is 2. The van der Waals surface area contributed by atoms with Crippen LogP contribution in [0.25, 0.3) is 0 Å². The molecule has 0 saturated heterocycles. The third kappa shape index (κ3) is 3.31. The number of phenols is 1. The Labute approximate surface area is 122 Å². The van der Waals surface area contributed by atoms with Crippen LogP contribution < -0.4 is 5.32 Å². The zero-order valence-corrected chi connectivity index (χ0v) is 11.9. The first-order chi connectivity index (χ1) is 10.0. The molecular formula is C16H17FN2O2. The standard InChI is InChI=1S/C16H17FN2O2/c1-11(12-7-3-6-10-15(12)20)19(2)16(21)18-14-9-5-4-8-13(14)17/h3-11,20H,1-2H3,(H,18,21)/t11-/m1/s1. The van der Waals surface area contributed by atoms with Crippen molar-refractivity contribution >= 4 is 11.7 Å². The number of hydrogen-bond donors (Lipinski definition) is 2. The number of halogens is 1. The Morgan fingerprint density at radius 3 is 2.48 bits per heavy atom. The molecule has 0 unspecified atom stereocenters. The average Bonchev–Trinajstić information content (AvgIpc) is 2.48. The summed E-state index contributed by atoms with van der Waals surface area (Å²) in [6.07, 6.45) is 0. The van der Waals surface area contributed by atoms with Crippen LogP contribution in [0, 0.1) is 5.82 Å². The molecule has 0 radical (unpaired) electrons. The van der Waals surface area contributed by atoms with Gasteiger partial charge in [0.1, 0.15) is 11.6 Å². The number of nitrogens with one attached hydrogen (secondary N) is 1. The Morgan fingerprint density at radius 2 is 1.81 bits per heavy atom. The highest BCUT2D eigenvalue weighted by Crippen LogP contribution is 2.27. The van der Waals surface area contributed by atoms with Crippen molar-refractivity contribution in [1.29, 1.82) is 0 Å². The number of aromatic hydroxyl groups is 1. The van der Waals surface area contributed by atoms with Crippen LogP contribution in [0.15, 0.2) is 48.5 Å². The van der Waals surface area contributed by atoms with Crippen LogP contribution >= 0.6 is 0 Å². The van der Waals surface area contributed by atoms with Crippen LogP contribution in [0.4, 0.5) is 14.9 Å². The van der Waals surface area contributed by atoms with Gasteiger partial charge < -0.3 is 15.3 Å². The molecule has 0 aliphatic heterocycles. The maximum Gasteiger partial charge on any atom is 0.322 e.